The molecule has 0 unspecified atom stereocenters. The fourth-order valence-electron chi connectivity index (χ4n) is 4.84. The van der Waals surface area contributed by atoms with Crippen molar-refractivity contribution in [2.24, 2.45) is 0 Å². The lowest BCUT2D eigenvalue weighted by Crippen LogP contribution is -2.40. The van der Waals surface area contributed by atoms with Crippen molar-refractivity contribution in [2.75, 3.05) is 38.7 Å². The number of nitrogens with one attached hydrogen (secondary N) is 1. The Morgan fingerprint density at radius 3 is 3.06 bits per heavy atom. The summed E-state index contributed by atoms with van der Waals surface area (Å²) in [4.78, 5) is 19.4. The van der Waals surface area contributed by atoms with Gasteiger partial charge in [-0.25, -0.2) is 9.20 Å². The van der Waals surface area contributed by atoms with E-state index in [1.807, 2.05) is 34.2 Å². The van der Waals surface area contributed by atoms with Crippen LogP contribution in [-0.2, 0) is 16.0 Å². The molecular formula is C25H27N7O3. The van der Waals surface area contributed by atoms with Gasteiger partial charge in [-0.1, -0.05) is 0 Å². The first kappa shape index (κ1) is 21.6. The Morgan fingerprint density at radius 1 is 1.26 bits per heavy atom. The predicted octanol–water partition coefficient (Wildman–Crippen LogP) is 2.57. The fraction of sp³-hybridized carbons (Fsp3) is 0.360. The number of benzene rings is 1. The number of nitrogens with zero attached hydrogens (tertiary/aromatic N) is 6. The van der Waals surface area contributed by atoms with Gasteiger partial charge in [-0.3, -0.25) is 4.79 Å². The molecule has 1 N–H and O–H groups in total. The number of ether oxygens (including phenoxy) is 2. The van der Waals surface area contributed by atoms with Crippen molar-refractivity contribution in [1.82, 2.24) is 29.3 Å². The van der Waals surface area contributed by atoms with Gasteiger partial charge in [-0.05, 0) is 36.2 Å². The standard InChI is InChI=1S/C25H27N7O3/c1-34-10-5-17-15-32-24-22(14-28-32)18-11-19(13-21(12-18)31-8-2-6-27-31)26-7-9-30-20(3-4-23(30)33)16-35-25(17)29-24/h2,6,8,11-15,20,26H,3-5,7,9-10,16H2,1H3/t20-/m0/s1. The SMILES string of the molecule is COCCc1cn2ncc3c2nc1OC[C@@H]1CCC(=O)N1CCNc1cc-3cc(-n2cccn2)c1. The van der Waals surface area contributed by atoms with Crippen LogP contribution < -0.4 is 10.1 Å². The minimum absolute atomic E-state index is 0.0240. The average Bonchev–Trinajstić information content (AvgIpc) is 3.61. The first-order valence-electron chi connectivity index (χ1n) is 11.9. The number of hydrogen-bond donors (Lipinski definition) is 1. The lowest BCUT2D eigenvalue weighted by Gasteiger charge is -2.26. The van der Waals surface area contributed by atoms with Crippen LogP contribution in [0, 0.1) is 0 Å². The van der Waals surface area contributed by atoms with Crippen molar-refractivity contribution in [3.8, 4) is 22.7 Å². The third-order valence-corrected chi connectivity index (χ3v) is 6.65. The first-order valence-corrected chi connectivity index (χ1v) is 11.9. The van der Waals surface area contributed by atoms with Gasteiger partial charge in [0.15, 0.2) is 5.65 Å². The van der Waals surface area contributed by atoms with Crippen LogP contribution in [0.1, 0.15) is 18.4 Å². The molecule has 1 atom stereocenters. The Bertz CT molecular complexity index is 1370. The van der Waals surface area contributed by atoms with Crippen molar-refractivity contribution in [2.45, 2.75) is 25.3 Å². The molecule has 3 aromatic heterocycles. The summed E-state index contributed by atoms with van der Waals surface area (Å²) in [6.45, 7) is 2.20. The topological polar surface area (TPSA) is 98.8 Å². The Balaban J connectivity index is 1.50. The summed E-state index contributed by atoms with van der Waals surface area (Å²) in [5.74, 6) is 0.730. The third kappa shape index (κ3) is 4.10. The van der Waals surface area contributed by atoms with Gasteiger partial charge in [-0.15, -0.1) is 0 Å². The maximum Gasteiger partial charge on any atom is 0.223 e. The molecule has 6 rings (SSSR count). The Morgan fingerprint density at radius 2 is 2.20 bits per heavy atom. The first-order chi connectivity index (χ1) is 17.2. The van der Waals surface area contributed by atoms with Gasteiger partial charge < -0.3 is 19.7 Å². The molecule has 10 nitrogen and oxygen atoms in total. The number of methoxy groups -OCH3 is 1. The molecule has 35 heavy (non-hydrogen) atoms. The van der Waals surface area contributed by atoms with Gasteiger partial charge in [0.25, 0.3) is 0 Å². The molecule has 10 heteroatoms. The molecule has 1 saturated heterocycles. The lowest BCUT2D eigenvalue weighted by molar-refractivity contribution is -0.129. The van der Waals surface area contributed by atoms with E-state index >= 15 is 0 Å². The van der Waals surface area contributed by atoms with Gasteiger partial charge >= 0.3 is 0 Å². The number of carbonyl (C=O) groups is 1. The van der Waals surface area contributed by atoms with Crippen molar-refractivity contribution >= 4 is 17.2 Å². The van der Waals surface area contributed by atoms with E-state index in [1.54, 1.807) is 17.8 Å². The molecule has 1 amide bonds. The molecule has 0 spiro atoms. The van der Waals surface area contributed by atoms with Crippen LogP contribution in [0.5, 0.6) is 5.88 Å². The number of amides is 1. The summed E-state index contributed by atoms with van der Waals surface area (Å²) in [5.41, 5.74) is 5.36. The van der Waals surface area contributed by atoms with Crippen LogP contribution in [-0.4, -0.2) is 74.6 Å². The highest BCUT2D eigenvalue weighted by Gasteiger charge is 2.31. The Labute approximate surface area is 202 Å². The van der Waals surface area contributed by atoms with Crippen LogP contribution in [0.15, 0.2) is 49.1 Å². The molecule has 1 fully saturated rings. The summed E-state index contributed by atoms with van der Waals surface area (Å²) in [5, 5.41) is 12.5. The monoisotopic (exact) mass is 473 g/mol. The lowest BCUT2D eigenvalue weighted by atomic mass is 10.1. The summed E-state index contributed by atoms with van der Waals surface area (Å²) in [6.07, 6.45) is 9.44. The van der Waals surface area contributed by atoms with Crippen molar-refractivity contribution < 1.29 is 14.3 Å². The smallest absolute Gasteiger partial charge is 0.223 e. The normalized spacial score (nSPS) is 17.8. The molecule has 2 aliphatic heterocycles. The maximum absolute atomic E-state index is 12.6. The largest absolute Gasteiger partial charge is 0.475 e. The molecule has 0 radical (unpaired) electrons. The van der Waals surface area contributed by atoms with Gasteiger partial charge in [0.1, 0.15) is 6.61 Å². The van der Waals surface area contributed by atoms with Gasteiger partial charge in [-0.2, -0.15) is 15.2 Å². The molecule has 1 aromatic carbocycles. The predicted molar refractivity (Wildman–Crippen MR) is 130 cm³/mol. The van der Waals surface area contributed by atoms with Crippen molar-refractivity contribution in [3.05, 3.63) is 54.6 Å². The number of aromatic nitrogens is 5. The number of carbonyl (C=O) groups excluding carboxylic acids is 1. The Kier molecular flexibility index (Phi) is 5.57. The van der Waals surface area contributed by atoms with Gasteiger partial charge in [0, 0.05) is 68.4 Å². The van der Waals surface area contributed by atoms with Crippen molar-refractivity contribution in [3.63, 3.8) is 0 Å². The van der Waals surface area contributed by atoms with E-state index in [1.165, 1.54) is 0 Å². The second-order valence-electron chi connectivity index (χ2n) is 8.88. The van der Waals surface area contributed by atoms with Crippen LogP contribution in [0.3, 0.4) is 0 Å². The quantitative estimate of drug-likeness (QED) is 0.486. The minimum Gasteiger partial charge on any atom is -0.475 e. The summed E-state index contributed by atoms with van der Waals surface area (Å²) < 4.78 is 15.2. The van der Waals surface area contributed by atoms with E-state index in [4.69, 9.17) is 14.5 Å². The maximum atomic E-state index is 12.6. The van der Waals surface area contributed by atoms with Crippen LogP contribution in [0.4, 0.5) is 5.69 Å². The van der Waals surface area contributed by atoms with E-state index < -0.39 is 0 Å². The molecule has 2 aliphatic rings. The van der Waals surface area contributed by atoms with E-state index in [-0.39, 0.29) is 11.9 Å². The van der Waals surface area contributed by atoms with Gasteiger partial charge in [0.05, 0.1) is 24.5 Å². The van der Waals surface area contributed by atoms with Crippen molar-refractivity contribution in [1.29, 1.82) is 0 Å². The summed E-state index contributed by atoms with van der Waals surface area (Å²) in [7, 11) is 1.68. The van der Waals surface area contributed by atoms with E-state index in [0.29, 0.717) is 50.7 Å². The van der Waals surface area contributed by atoms with E-state index in [0.717, 1.165) is 34.5 Å². The summed E-state index contributed by atoms with van der Waals surface area (Å²) in [6, 6.07) is 8.13. The fourth-order valence-corrected chi connectivity index (χ4v) is 4.84. The molecular weight excluding hydrogens is 446 g/mol. The zero-order chi connectivity index (χ0) is 23.8. The zero-order valence-electron chi connectivity index (χ0n) is 19.6. The van der Waals surface area contributed by atoms with E-state index in [9.17, 15) is 4.79 Å². The highest BCUT2D eigenvalue weighted by Crippen LogP contribution is 2.31. The van der Waals surface area contributed by atoms with Crippen LogP contribution in [0.2, 0.25) is 0 Å². The molecule has 0 aliphatic carbocycles. The highest BCUT2D eigenvalue weighted by molar-refractivity contribution is 5.81. The minimum atomic E-state index is 0.0240. The third-order valence-electron chi connectivity index (χ3n) is 6.65. The molecule has 180 valence electrons. The Hall–Kier alpha value is -3.92. The molecule has 4 aromatic rings. The number of anilines is 1. The van der Waals surface area contributed by atoms with Gasteiger partial charge in [0.2, 0.25) is 11.8 Å². The van der Waals surface area contributed by atoms with Crippen LogP contribution in [0.25, 0.3) is 22.5 Å². The zero-order valence-corrected chi connectivity index (χ0v) is 19.6. The van der Waals surface area contributed by atoms with E-state index in [2.05, 4.69) is 33.7 Å². The molecule has 4 bridgehead atoms. The second-order valence-corrected chi connectivity index (χ2v) is 8.88. The number of hydrogen-bond acceptors (Lipinski definition) is 7. The van der Waals surface area contributed by atoms with Crippen LogP contribution >= 0.6 is 0 Å². The summed E-state index contributed by atoms with van der Waals surface area (Å²) >= 11 is 0. The molecule has 5 heterocycles. The second kappa shape index (κ2) is 9.03. The average molecular weight is 474 g/mol. The number of fused-ring (bicyclic) bond motifs is 5. The highest BCUT2D eigenvalue weighted by atomic mass is 16.5. The number of rotatable bonds is 4. The molecule has 0 saturated carbocycles.